The summed E-state index contributed by atoms with van der Waals surface area (Å²) in [7, 11) is 0. The molecule has 0 saturated carbocycles. The van der Waals surface area contributed by atoms with Crippen molar-refractivity contribution in [2.75, 3.05) is 30.3 Å². The maximum atomic E-state index is 12.5. The minimum atomic E-state index is -0.505. The zero-order valence-corrected chi connectivity index (χ0v) is 20.0. The molecule has 0 spiro atoms. The largest absolute Gasteiger partial charge is 0.508 e. The number of anilines is 4. The van der Waals surface area contributed by atoms with Crippen LogP contribution in [-0.2, 0) is 4.74 Å². The number of carbonyl (C=O) groups excluding carboxylic acids is 2. The highest BCUT2D eigenvalue weighted by Crippen LogP contribution is 2.24. The van der Waals surface area contributed by atoms with Gasteiger partial charge in [0.05, 0.1) is 6.61 Å². The van der Waals surface area contributed by atoms with Crippen molar-refractivity contribution in [1.82, 2.24) is 20.6 Å². The molecule has 0 aliphatic carbocycles. The van der Waals surface area contributed by atoms with Crippen LogP contribution in [0.5, 0.6) is 5.75 Å². The lowest BCUT2D eigenvalue weighted by Gasteiger charge is -2.11. The van der Waals surface area contributed by atoms with Gasteiger partial charge in [0.2, 0.25) is 5.95 Å². The number of aryl methyl sites for hydroxylation is 1. The van der Waals surface area contributed by atoms with Crippen LogP contribution in [0.2, 0.25) is 0 Å². The maximum absolute atomic E-state index is 12.5. The first-order valence-electron chi connectivity index (χ1n) is 11.3. The van der Waals surface area contributed by atoms with Gasteiger partial charge in [-0.05, 0) is 48.7 Å². The normalized spacial score (nSPS) is 10.5. The van der Waals surface area contributed by atoms with Gasteiger partial charge in [-0.2, -0.15) is 4.98 Å². The third kappa shape index (κ3) is 8.18. The van der Waals surface area contributed by atoms with Gasteiger partial charge in [0.1, 0.15) is 11.6 Å². The molecule has 0 unspecified atom stereocenters. The molecule has 0 aliphatic heterocycles. The van der Waals surface area contributed by atoms with Crippen molar-refractivity contribution in [2.45, 2.75) is 20.8 Å². The highest BCUT2D eigenvalue weighted by Gasteiger charge is 2.09. The van der Waals surface area contributed by atoms with Crippen molar-refractivity contribution < 1.29 is 19.4 Å². The predicted octanol–water partition coefficient (Wildman–Crippen LogP) is 4.09. The van der Waals surface area contributed by atoms with Crippen molar-refractivity contribution >= 4 is 35.1 Å². The highest BCUT2D eigenvalue weighted by molar-refractivity contribution is 5.95. The number of nitrogens with one attached hydrogen (secondary N) is 4. The molecule has 10 heteroatoms. The Bertz CT molecular complexity index is 1170. The number of hydrogen-bond donors (Lipinski definition) is 5. The van der Waals surface area contributed by atoms with Crippen LogP contribution in [-0.4, -0.2) is 46.8 Å². The van der Waals surface area contributed by atoms with Gasteiger partial charge in [-0.1, -0.05) is 26.0 Å². The number of alkyl carbamates (subject to hydrolysis) is 1. The number of rotatable bonds is 10. The van der Waals surface area contributed by atoms with E-state index >= 15 is 0 Å². The van der Waals surface area contributed by atoms with E-state index in [0.717, 1.165) is 11.3 Å². The van der Waals surface area contributed by atoms with Crippen molar-refractivity contribution in [2.24, 2.45) is 5.92 Å². The molecule has 0 aliphatic rings. The van der Waals surface area contributed by atoms with Gasteiger partial charge in [0.25, 0.3) is 5.91 Å². The monoisotopic (exact) mass is 478 g/mol. The van der Waals surface area contributed by atoms with Crippen LogP contribution < -0.4 is 21.3 Å². The molecule has 0 fully saturated rings. The van der Waals surface area contributed by atoms with Gasteiger partial charge in [-0.15, -0.1) is 0 Å². The number of benzene rings is 2. The topological polar surface area (TPSA) is 138 Å². The van der Waals surface area contributed by atoms with E-state index in [2.05, 4.69) is 31.2 Å². The molecule has 10 nitrogen and oxygen atoms in total. The molecule has 3 aromatic rings. The number of aromatic nitrogens is 2. The zero-order valence-electron chi connectivity index (χ0n) is 20.0. The van der Waals surface area contributed by atoms with Gasteiger partial charge in [-0.3, -0.25) is 4.79 Å². The van der Waals surface area contributed by atoms with Gasteiger partial charge < -0.3 is 31.1 Å². The average Bonchev–Trinajstić information content (AvgIpc) is 2.83. The molecule has 0 atom stereocenters. The third-order valence-electron chi connectivity index (χ3n) is 4.75. The molecule has 0 saturated heterocycles. The van der Waals surface area contributed by atoms with E-state index in [-0.39, 0.29) is 30.7 Å². The number of ether oxygens (including phenoxy) is 1. The van der Waals surface area contributed by atoms with Gasteiger partial charge in [0.15, 0.2) is 0 Å². The Morgan fingerprint density at radius 1 is 1.03 bits per heavy atom. The first kappa shape index (κ1) is 25.3. The first-order chi connectivity index (χ1) is 16.8. The Hall–Kier alpha value is -4.34. The Morgan fingerprint density at radius 2 is 1.83 bits per heavy atom. The minimum absolute atomic E-state index is 0.155. The lowest BCUT2D eigenvalue weighted by molar-refractivity contribution is 0.0951. The highest BCUT2D eigenvalue weighted by atomic mass is 16.5. The Balaban J connectivity index is 1.54. The predicted molar refractivity (Wildman–Crippen MR) is 134 cm³/mol. The number of hydrogen-bond acceptors (Lipinski definition) is 8. The molecule has 2 aromatic carbocycles. The fourth-order valence-corrected chi connectivity index (χ4v) is 2.97. The second-order valence-electron chi connectivity index (χ2n) is 8.27. The van der Waals surface area contributed by atoms with Gasteiger partial charge >= 0.3 is 6.09 Å². The van der Waals surface area contributed by atoms with Crippen LogP contribution in [0.3, 0.4) is 0 Å². The summed E-state index contributed by atoms with van der Waals surface area (Å²) < 4.78 is 5.02. The van der Waals surface area contributed by atoms with Crippen LogP contribution in [0.15, 0.2) is 54.7 Å². The number of phenolic OH excluding ortho intramolecular Hbond substituents is 1. The molecule has 1 heterocycles. The summed E-state index contributed by atoms with van der Waals surface area (Å²) in [5.74, 6) is 1.02. The summed E-state index contributed by atoms with van der Waals surface area (Å²) in [6.07, 6.45) is 1.10. The Morgan fingerprint density at radius 3 is 2.63 bits per heavy atom. The van der Waals surface area contributed by atoms with E-state index in [1.807, 2.05) is 26.8 Å². The van der Waals surface area contributed by atoms with E-state index in [1.165, 1.54) is 0 Å². The molecular weight excluding hydrogens is 448 g/mol. The molecule has 0 radical (unpaired) electrons. The quantitative estimate of drug-likeness (QED) is 0.275. The molecule has 35 heavy (non-hydrogen) atoms. The molecule has 3 rings (SSSR count). The molecule has 2 amide bonds. The van der Waals surface area contributed by atoms with Gasteiger partial charge in [-0.25, -0.2) is 9.78 Å². The average molecular weight is 479 g/mol. The standard InChI is InChI=1S/C25H30N6O4/c1-16(2)15-35-25(34)28-12-11-26-23(33)18-5-4-6-19(13-18)29-24-27-10-9-22(31-24)30-21-14-20(32)8-7-17(21)3/h4-10,13-14,16,32H,11-12,15H2,1-3H3,(H,26,33)(H,28,34)(H2,27,29,30,31). The van der Waals surface area contributed by atoms with E-state index < -0.39 is 6.09 Å². The van der Waals surface area contributed by atoms with Crippen LogP contribution in [0.25, 0.3) is 0 Å². The fourth-order valence-electron chi connectivity index (χ4n) is 2.97. The van der Waals surface area contributed by atoms with Crippen LogP contribution >= 0.6 is 0 Å². The van der Waals surface area contributed by atoms with Crippen LogP contribution in [0, 0.1) is 12.8 Å². The summed E-state index contributed by atoms with van der Waals surface area (Å²) >= 11 is 0. The smallest absolute Gasteiger partial charge is 0.407 e. The van der Waals surface area contributed by atoms with E-state index in [9.17, 15) is 14.7 Å². The Labute approximate surface area is 204 Å². The lowest BCUT2D eigenvalue weighted by atomic mass is 10.2. The summed E-state index contributed by atoms with van der Waals surface area (Å²) in [4.78, 5) is 32.7. The second kappa shape index (κ2) is 12.2. The summed E-state index contributed by atoms with van der Waals surface area (Å²) in [5, 5.41) is 21.3. The minimum Gasteiger partial charge on any atom is -0.508 e. The third-order valence-corrected chi connectivity index (χ3v) is 4.75. The molecule has 184 valence electrons. The number of amides is 2. The van der Waals surface area contributed by atoms with Crippen molar-refractivity contribution in [3.63, 3.8) is 0 Å². The maximum Gasteiger partial charge on any atom is 0.407 e. The molecular formula is C25H30N6O4. The SMILES string of the molecule is Cc1ccc(O)cc1Nc1ccnc(Nc2cccc(C(=O)NCCNC(=O)OCC(C)C)c2)n1. The molecule has 0 bridgehead atoms. The van der Waals surface area contributed by atoms with Crippen LogP contribution in [0.1, 0.15) is 29.8 Å². The number of phenols is 1. The number of aromatic hydroxyl groups is 1. The van der Waals surface area contributed by atoms with Crippen molar-refractivity contribution in [1.29, 1.82) is 0 Å². The molecule has 5 N–H and O–H groups in total. The Kier molecular flexibility index (Phi) is 8.82. The summed E-state index contributed by atoms with van der Waals surface area (Å²) in [6.45, 7) is 6.69. The van der Waals surface area contributed by atoms with E-state index in [4.69, 9.17) is 4.74 Å². The fraction of sp³-hybridized carbons (Fsp3) is 0.280. The number of carbonyl (C=O) groups is 2. The van der Waals surface area contributed by atoms with E-state index in [1.54, 1.807) is 48.7 Å². The first-order valence-corrected chi connectivity index (χ1v) is 11.3. The second-order valence-corrected chi connectivity index (χ2v) is 8.27. The lowest BCUT2D eigenvalue weighted by Crippen LogP contribution is -2.35. The summed E-state index contributed by atoms with van der Waals surface area (Å²) in [5.41, 5.74) is 2.77. The van der Waals surface area contributed by atoms with Crippen LogP contribution in [0.4, 0.5) is 27.9 Å². The molecule has 1 aromatic heterocycles. The van der Waals surface area contributed by atoms with Crippen molar-refractivity contribution in [3.8, 4) is 5.75 Å². The number of nitrogens with zero attached hydrogens (tertiary/aromatic N) is 2. The van der Waals surface area contributed by atoms with E-state index in [0.29, 0.717) is 29.6 Å². The zero-order chi connectivity index (χ0) is 25.2. The summed E-state index contributed by atoms with van der Waals surface area (Å²) in [6, 6.07) is 13.7. The van der Waals surface area contributed by atoms with Crippen molar-refractivity contribution in [3.05, 3.63) is 65.9 Å². The van der Waals surface area contributed by atoms with Gasteiger partial charge in [0, 0.05) is 42.3 Å².